The highest BCUT2D eigenvalue weighted by Gasteiger charge is 2.30. The van der Waals surface area contributed by atoms with Gasteiger partial charge in [0, 0.05) is 13.1 Å². The monoisotopic (exact) mass is 250 g/mol. The van der Waals surface area contributed by atoms with Gasteiger partial charge in [-0.25, -0.2) is 4.39 Å². The molecule has 0 bridgehead atoms. The van der Waals surface area contributed by atoms with Crippen LogP contribution < -0.4 is 5.32 Å². The molecule has 2 rings (SSSR count). The van der Waals surface area contributed by atoms with Gasteiger partial charge in [-0.15, -0.1) is 0 Å². The fraction of sp³-hybridized carbons (Fsp3) is 0.500. The summed E-state index contributed by atoms with van der Waals surface area (Å²) in [6, 6.07) is 3.58. The van der Waals surface area contributed by atoms with Gasteiger partial charge < -0.3 is 10.2 Å². The molecule has 0 aromatic heterocycles. The van der Waals surface area contributed by atoms with Gasteiger partial charge in [0.25, 0.3) is 0 Å². The molecule has 1 heterocycles. The number of likely N-dealkylation sites (N-methyl/N-ethyl adjacent to an activating group) is 1. The molecule has 1 amide bonds. The van der Waals surface area contributed by atoms with E-state index in [4.69, 9.17) is 0 Å². The second-order valence-corrected chi connectivity index (χ2v) is 4.93. The number of halogens is 1. The summed E-state index contributed by atoms with van der Waals surface area (Å²) in [6.45, 7) is 4.85. The van der Waals surface area contributed by atoms with E-state index in [-0.39, 0.29) is 17.8 Å². The minimum Gasteiger partial charge on any atom is -0.337 e. The average molecular weight is 250 g/mol. The number of benzene rings is 1. The van der Waals surface area contributed by atoms with E-state index >= 15 is 0 Å². The van der Waals surface area contributed by atoms with Crippen LogP contribution in [-0.4, -0.2) is 30.4 Å². The number of aryl methyl sites for hydroxylation is 2. The van der Waals surface area contributed by atoms with Crippen molar-refractivity contribution in [2.75, 3.05) is 13.6 Å². The smallest absolute Gasteiger partial charge is 0.240 e. The molecule has 1 aliphatic rings. The molecule has 4 heteroatoms. The van der Waals surface area contributed by atoms with E-state index in [0.29, 0.717) is 17.7 Å². The summed E-state index contributed by atoms with van der Waals surface area (Å²) in [5.74, 6) is -0.0169. The van der Waals surface area contributed by atoms with Gasteiger partial charge in [-0.3, -0.25) is 4.79 Å². The zero-order valence-corrected chi connectivity index (χ0v) is 11.1. The van der Waals surface area contributed by atoms with Crippen LogP contribution in [0.15, 0.2) is 12.1 Å². The lowest BCUT2D eigenvalue weighted by molar-refractivity contribution is -0.129. The number of nitrogens with one attached hydrogen (secondary N) is 1. The molecule has 0 aliphatic carbocycles. The first-order valence-corrected chi connectivity index (χ1v) is 6.24. The maximum Gasteiger partial charge on any atom is 0.240 e. The predicted molar refractivity (Wildman–Crippen MR) is 68.8 cm³/mol. The second-order valence-electron chi connectivity index (χ2n) is 4.93. The molecule has 1 unspecified atom stereocenters. The molecule has 0 spiro atoms. The summed E-state index contributed by atoms with van der Waals surface area (Å²) < 4.78 is 13.5. The number of carbonyl (C=O) groups excluding carboxylic acids is 1. The quantitative estimate of drug-likeness (QED) is 0.886. The summed E-state index contributed by atoms with van der Waals surface area (Å²) in [7, 11) is 1.80. The van der Waals surface area contributed by atoms with E-state index in [2.05, 4.69) is 5.32 Å². The third-order valence-corrected chi connectivity index (χ3v) is 3.52. The Hall–Kier alpha value is -1.42. The van der Waals surface area contributed by atoms with Gasteiger partial charge in [0.05, 0.1) is 6.04 Å². The fourth-order valence-corrected chi connectivity index (χ4v) is 2.51. The summed E-state index contributed by atoms with van der Waals surface area (Å²) in [5, 5.41) is 3.01. The second kappa shape index (κ2) is 5.06. The van der Waals surface area contributed by atoms with Crippen molar-refractivity contribution in [3.63, 3.8) is 0 Å². The molecule has 18 heavy (non-hydrogen) atoms. The number of rotatable bonds is 3. The molecule has 3 nitrogen and oxygen atoms in total. The molecule has 1 aromatic carbocycles. The highest BCUT2D eigenvalue weighted by atomic mass is 19.1. The highest BCUT2D eigenvalue weighted by Crippen LogP contribution is 2.19. The topological polar surface area (TPSA) is 32.3 Å². The van der Waals surface area contributed by atoms with Crippen molar-refractivity contribution >= 4 is 5.91 Å². The zero-order valence-electron chi connectivity index (χ0n) is 11.1. The molecular formula is C14H19FN2O. The fourth-order valence-electron chi connectivity index (χ4n) is 2.51. The molecule has 1 fully saturated rings. The van der Waals surface area contributed by atoms with Crippen LogP contribution in [0.4, 0.5) is 4.39 Å². The van der Waals surface area contributed by atoms with E-state index in [1.807, 2.05) is 17.0 Å². The van der Waals surface area contributed by atoms with Crippen LogP contribution in [0.1, 0.15) is 23.1 Å². The van der Waals surface area contributed by atoms with Gasteiger partial charge in [0.2, 0.25) is 5.91 Å². The van der Waals surface area contributed by atoms with Gasteiger partial charge in [-0.1, -0.05) is 12.1 Å². The Kier molecular flexibility index (Phi) is 3.66. The minimum atomic E-state index is -0.153. The molecule has 1 aliphatic heterocycles. The third-order valence-electron chi connectivity index (χ3n) is 3.52. The normalized spacial score (nSPS) is 19.7. The average Bonchev–Trinajstić information content (AvgIpc) is 2.67. The lowest BCUT2D eigenvalue weighted by Gasteiger charge is -2.17. The number of likely N-dealkylation sites (tertiary alicyclic amines) is 1. The molecule has 1 aromatic rings. The van der Waals surface area contributed by atoms with Crippen molar-refractivity contribution in [3.8, 4) is 0 Å². The molecular weight excluding hydrogens is 231 g/mol. The zero-order chi connectivity index (χ0) is 13.3. The summed E-state index contributed by atoms with van der Waals surface area (Å²) in [6.07, 6.45) is 0.842. The number of carbonyl (C=O) groups is 1. The van der Waals surface area contributed by atoms with Crippen LogP contribution in [0.25, 0.3) is 0 Å². The van der Waals surface area contributed by atoms with Crippen molar-refractivity contribution in [1.29, 1.82) is 0 Å². The third kappa shape index (κ3) is 2.38. The van der Waals surface area contributed by atoms with Crippen LogP contribution >= 0.6 is 0 Å². The Labute approximate surface area is 107 Å². The Morgan fingerprint density at radius 2 is 2.00 bits per heavy atom. The molecule has 98 valence electrons. The lowest BCUT2D eigenvalue weighted by Crippen LogP contribution is -2.35. The molecule has 0 radical (unpaired) electrons. The number of hydrogen-bond acceptors (Lipinski definition) is 2. The Balaban J connectivity index is 2.13. The van der Waals surface area contributed by atoms with E-state index in [9.17, 15) is 9.18 Å². The van der Waals surface area contributed by atoms with Crippen LogP contribution in [0, 0.1) is 19.7 Å². The standard InChI is InChI=1S/C14H19FN2O/c1-9-6-11(7-10(2)13(9)15)8-17-5-4-12(16-3)14(17)18/h6-7,12,16H,4-5,8H2,1-3H3. The van der Waals surface area contributed by atoms with Gasteiger partial charge >= 0.3 is 0 Å². The van der Waals surface area contributed by atoms with E-state index < -0.39 is 0 Å². The molecule has 1 N–H and O–H groups in total. The largest absolute Gasteiger partial charge is 0.337 e. The number of amides is 1. The van der Waals surface area contributed by atoms with Crippen LogP contribution in [-0.2, 0) is 11.3 Å². The van der Waals surface area contributed by atoms with E-state index in [1.165, 1.54) is 0 Å². The number of nitrogens with zero attached hydrogens (tertiary/aromatic N) is 1. The summed E-state index contributed by atoms with van der Waals surface area (Å²) in [4.78, 5) is 13.8. The summed E-state index contributed by atoms with van der Waals surface area (Å²) in [5.41, 5.74) is 2.28. The van der Waals surface area contributed by atoms with Gasteiger partial charge in [-0.05, 0) is 44.0 Å². The van der Waals surface area contributed by atoms with Crippen molar-refractivity contribution < 1.29 is 9.18 Å². The molecule has 0 saturated carbocycles. The van der Waals surface area contributed by atoms with Gasteiger partial charge in [-0.2, -0.15) is 0 Å². The van der Waals surface area contributed by atoms with Crippen molar-refractivity contribution in [2.45, 2.75) is 32.9 Å². The lowest BCUT2D eigenvalue weighted by atomic mass is 10.1. The van der Waals surface area contributed by atoms with Crippen molar-refractivity contribution in [1.82, 2.24) is 10.2 Å². The van der Waals surface area contributed by atoms with Crippen LogP contribution in [0.3, 0.4) is 0 Å². The maximum atomic E-state index is 13.5. The van der Waals surface area contributed by atoms with Crippen LogP contribution in [0.2, 0.25) is 0 Å². The maximum absolute atomic E-state index is 13.5. The Morgan fingerprint density at radius 1 is 1.39 bits per heavy atom. The van der Waals surface area contributed by atoms with Gasteiger partial charge in [0.1, 0.15) is 5.82 Å². The first-order valence-electron chi connectivity index (χ1n) is 6.24. The van der Waals surface area contributed by atoms with Crippen molar-refractivity contribution in [2.24, 2.45) is 0 Å². The van der Waals surface area contributed by atoms with E-state index in [0.717, 1.165) is 18.5 Å². The van der Waals surface area contributed by atoms with Crippen LogP contribution in [0.5, 0.6) is 0 Å². The van der Waals surface area contributed by atoms with E-state index in [1.54, 1.807) is 20.9 Å². The Bertz CT molecular complexity index is 450. The highest BCUT2D eigenvalue weighted by molar-refractivity contribution is 5.83. The van der Waals surface area contributed by atoms with Gasteiger partial charge in [0.15, 0.2) is 0 Å². The first-order chi connectivity index (χ1) is 8.52. The summed E-state index contributed by atoms with van der Waals surface area (Å²) >= 11 is 0. The Morgan fingerprint density at radius 3 is 2.50 bits per heavy atom. The van der Waals surface area contributed by atoms with Crippen molar-refractivity contribution in [3.05, 3.63) is 34.6 Å². The minimum absolute atomic E-state index is 0.0624. The molecule has 1 saturated heterocycles. The first kappa shape index (κ1) is 13.0. The molecule has 1 atom stereocenters. The number of hydrogen-bond donors (Lipinski definition) is 1. The predicted octanol–water partition coefficient (Wildman–Crippen LogP) is 1.76. The SMILES string of the molecule is CNC1CCN(Cc2cc(C)c(F)c(C)c2)C1=O.